The third kappa shape index (κ3) is 4.95. The minimum Gasteiger partial charge on any atom is -0.493 e. The molecule has 1 aromatic heterocycles. The molecule has 0 atom stereocenters. The number of benzene rings is 2. The van der Waals surface area contributed by atoms with Crippen LogP contribution in [-0.4, -0.2) is 21.9 Å². The smallest absolute Gasteiger partial charge is 0.161 e. The Morgan fingerprint density at radius 1 is 0.931 bits per heavy atom. The predicted octanol–water partition coefficient (Wildman–Crippen LogP) is 3.88. The second-order valence-electron chi connectivity index (χ2n) is 7.36. The van der Waals surface area contributed by atoms with E-state index in [-0.39, 0.29) is 0 Å². The molecule has 1 aliphatic heterocycles. The average Bonchev–Trinajstić information content (AvgIpc) is 2.99. The molecular formula is C23H28N4O2. The minimum absolute atomic E-state index is 0.514. The Hall–Kier alpha value is -2.86. The molecule has 6 heteroatoms. The van der Waals surface area contributed by atoms with Crippen molar-refractivity contribution in [3.05, 3.63) is 71.3 Å². The number of methoxy groups -OCH3 is 1. The first-order chi connectivity index (χ1) is 14.3. The molecule has 1 N–H and O–H groups in total. The number of nitrogens with zero attached hydrogens (tertiary/aromatic N) is 3. The zero-order chi connectivity index (χ0) is 19.9. The van der Waals surface area contributed by atoms with Gasteiger partial charge in [0.15, 0.2) is 11.5 Å². The minimum atomic E-state index is 0.514. The Balaban J connectivity index is 1.37. The molecule has 0 aliphatic carbocycles. The van der Waals surface area contributed by atoms with Gasteiger partial charge in [-0.15, -0.1) is 10.2 Å². The molecule has 152 valence electrons. The zero-order valence-corrected chi connectivity index (χ0v) is 16.9. The lowest BCUT2D eigenvalue weighted by Gasteiger charge is -2.13. The van der Waals surface area contributed by atoms with Crippen LogP contribution in [0.15, 0.2) is 48.5 Å². The van der Waals surface area contributed by atoms with Gasteiger partial charge in [-0.05, 0) is 36.1 Å². The van der Waals surface area contributed by atoms with Crippen molar-refractivity contribution in [1.82, 2.24) is 20.1 Å². The molecule has 1 aliphatic rings. The molecular weight excluding hydrogens is 364 g/mol. The van der Waals surface area contributed by atoms with Gasteiger partial charge in [-0.25, -0.2) is 0 Å². The maximum absolute atomic E-state index is 6.02. The van der Waals surface area contributed by atoms with E-state index in [1.165, 1.54) is 19.3 Å². The third-order valence-electron chi connectivity index (χ3n) is 5.26. The summed E-state index contributed by atoms with van der Waals surface area (Å²) in [7, 11) is 1.67. The number of nitrogens with one attached hydrogen (secondary N) is 1. The zero-order valence-electron chi connectivity index (χ0n) is 16.9. The molecule has 0 bridgehead atoms. The van der Waals surface area contributed by atoms with E-state index < -0.39 is 0 Å². The lowest BCUT2D eigenvalue weighted by Crippen LogP contribution is -2.17. The number of aromatic nitrogens is 3. The van der Waals surface area contributed by atoms with E-state index in [9.17, 15) is 0 Å². The third-order valence-corrected chi connectivity index (χ3v) is 5.26. The maximum atomic E-state index is 6.02. The molecule has 0 radical (unpaired) electrons. The summed E-state index contributed by atoms with van der Waals surface area (Å²) >= 11 is 0. The number of aryl methyl sites for hydroxylation is 1. The summed E-state index contributed by atoms with van der Waals surface area (Å²) in [6.45, 7) is 2.98. The summed E-state index contributed by atoms with van der Waals surface area (Å²) in [5.41, 5.74) is 2.27. The SMILES string of the molecule is COc1ccc(CNCc2nnc3n2CCCCC3)cc1OCc1ccccc1. The molecule has 0 saturated carbocycles. The van der Waals surface area contributed by atoms with Crippen LogP contribution in [0.2, 0.25) is 0 Å². The van der Waals surface area contributed by atoms with Crippen LogP contribution >= 0.6 is 0 Å². The molecule has 0 unspecified atom stereocenters. The largest absolute Gasteiger partial charge is 0.493 e. The van der Waals surface area contributed by atoms with Crippen LogP contribution in [0.25, 0.3) is 0 Å². The number of hydrogen-bond acceptors (Lipinski definition) is 5. The lowest BCUT2D eigenvalue weighted by atomic mass is 10.2. The van der Waals surface area contributed by atoms with E-state index in [4.69, 9.17) is 9.47 Å². The van der Waals surface area contributed by atoms with Crippen LogP contribution in [0.5, 0.6) is 11.5 Å². The van der Waals surface area contributed by atoms with Crippen molar-refractivity contribution in [2.45, 2.75) is 51.9 Å². The Bertz CT molecular complexity index is 924. The average molecular weight is 393 g/mol. The number of hydrogen-bond donors (Lipinski definition) is 1. The van der Waals surface area contributed by atoms with Gasteiger partial charge in [-0.2, -0.15) is 0 Å². The van der Waals surface area contributed by atoms with Gasteiger partial charge in [0.2, 0.25) is 0 Å². The first kappa shape index (κ1) is 19.5. The normalized spacial score (nSPS) is 13.6. The van der Waals surface area contributed by atoms with Crippen molar-refractivity contribution >= 4 is 0 Å². The van der Waals surface area contributed by atoms with Crippen molar-refractivity contribution in [3.63, 3.8) is 0 Å². The summed E-state index contributed by atoms with van der Waals surface area (Å²) in [6, 6.07) is 16.2. The fraction of sp³-hybridized carbons (Fsp3) is 0.391. The van der Waals surface area contributed by atoms with Crippen molar-refractivity contribution in [3.8, 4) is 11.5 Å². The highest BCUT2D eigenvalue weighted by atomic mass is 16.5. The van der Waals surface area contributed by atoms with Crippen LogP contribution in [0.3, 0.4) is 0 Å². The van der Waals surface area contributed by atoms with E-state index >= 15 is 0 Å². The fourth-order valence-electron chi connectivity index (χ4n) is 3.67. The standard InChI is InChI=1S/C23H28N4O2/c1-28-20-12-11-19(14-21(20)29-17-18-8-4-2-5-9-18)15-24-16-23-26-25-22-10-6-3-7-13-27(22)23/h2,4-5,8-9,11-12,14,24H,3,6-7,10,13,15-17H2,1H3. The van der Waals surface area contributed by atoms with Gasteiger partial charge in [0.25, 0.3) is 0 Å². The van der Waals surface area contributed by atoms with Crippen LogP contribution in [-0.2, 0) is 32.7 Å². The Kier molecular flexibility index (Phi) is 6.42. The predicted molar refractivity (Wildman–Crippen MR) is 112 cm³/mol. The summed E-state index contributed by atoms with van der Waals surface area (Å²) in [5.74, 6) is 3.65. The van der Waals surface area contributed by atoms with Crippen LogP contribution in [0.1, 0.15) is 42.0 Å². The van der Waals surface area contributed by atoms with Crippen molar-refractivity contribution in [1.29, 1.82) is 0 Å². The monoisotopic (exact) mass is 392 g/mol. The topological polar surface area (TPSA) is 61.2 Å². The number of ether oxygens (including phenoxy) is 2. The molecule has 0 saturated heterocycles. The van der Waals surface area contributed by atoms with Gasteiger partial charge in [0.1, 0.15) is 18.3 Å². The maximum Gasteiger partial charge on any atom is 0.161 e. The molecule has 0 fully saturated rings. The molecule has 0 amide bonds. The van der Waals surface area contributed by atoms with Crippen molar-refractivity contribution < 1.29 is 9.47 Å². The van der Waals surface area contributed by atoms with Gasteiger partial charge >= 0.3 is 0 Å². The lowest BCUT2D eigenvalue weighted by molar-refractivity contribution is 0.284. The summed E-state index contributed by atoms with van der Waals surface area (Å²) in [4.78, 5) is 0. The summed E-state index contributed by atoms with van der Waals surface area (Å²) in [5, 5.41) is 12.2. The highest BCUT2D eigenvalue weighted by molar-refractivity contribution is 5.43. The molecule has 29 heavy (non-hydrogen) atoms. The quantitative estimate of drug-likeness (QED) is 0.630. The molecule has 3 aromatic rings. The first-order valence-electron chi connectivity index (χ1n) is 10.3. The second-order valence-corrected chi connectivity index (χ2v) is 7.36. The van der Waals surface area contributed by atoms with Gasteiger partial charge < -0.3 is 19.4 Å². The highest BCUT2D eigenvalue weighted by Crippen LogP contribution is 2.29. The van der Waals surface area contributed by atoms with E-state index in [2.05, 4.69) is 38.3 Å². The van der Waals surface area contributed by atoms with Gasteiger partial charge in [-0.3, -0.25) is 0 Å². The van der Waals surface area contributed by atoms with E-state index in [0.717, 1.165) is 53.8 Å². The van der Waals surface area contributed by atoms with Gasteiger partial charge in [0.05, 0.1) is 13.7 Å². The van der Waals surface area contributed by atoms with E-state index in [1.54, 1.807) is 7.11 Å². The van der Waals surface area contributed by atoms with Crippen molar-refractivity contribution in [2.24, 2.45) is 0 Å². The molecule has 2 aromatic carbocycles. The Morgan fingerprint density at radius 3 is 2.69 bits per heavy atom. The highest BCUT2D eigenvalue weighted by Gasteiger charge is 2.14. The Labute approximate surface area is 171 Å². The number of fused-ring (bicyclic) bond motifs is 1. The van der Waals surface area contributed by atoms with Crippen molar-refractivity contribution in [2.75, 3.05) is 7.11 Å². The van der Waals surface area contributed by atoms with Crippen LogP contribution in [0, 0.1) is 0 Å². The molecule has 0 spiro atoms. The molecule has 6 nitrogen and oxygen atoms in total. The van der Waals surface area contributed by atoms with E-state index in [1.807, 2.05) is 30.3 Å². The van der Waals surface area contributed by atoms with Crippen LogP contribution in [0.4, 0.5) is 0 Å². The first-order valence-corrected chi connectivity index (χ1v) is 10.3. The summed E-state index contributed by atoms with van der Waals surface area (Å²) < 4.78 is 13.8. The molecule has 4 rings (SSSR count). The fourth-order valence-corrected chi connectivity index (χ4v) is 3.67. The van der Waals surface area contributed by atoms with Gasteiger partial charge in [-0.1, -0.05) is 42.8 Å². The Morgan fingerprint density at radius 2 is 1.83 bits per heavy atom. The number of rotatable bonds is 8. The van der Waals surface area contributed by atoms with Crippen LogP contribution < -0.4 is 14.8 Å². The van der Waals surface area contributed by atoms with Gasteiger partial charge in [0, 0.05) is 19.5 Å². The molecule has 2 heterocycles. The summed E-state index contributed by atoms with van der Waals surface area (Å²) in [6.07, 6.45) is 4.73. The second kappa shape index (κ2) is 9.56. The van der Waals surface area contributed by atoms with E-state index in [0.29, 0.717) is 13.2 Å².